The van der Waals surface area contributed by atoms with Crippen molar-refractivity contribution in [2.45, 2.75) is 124 Å². The lowest BCUT2D eigenvalue weighted by molar-refractivity contribution is -0.169. The van der Waals surface area contributed by atoms with Gasteiger partial charge < -0.3 is 20.1 Å². The molecule has 0 spiro atoms. The largest absolute Gasteiger partial charge is 0.460 e. The summed E-state index contributed by atoms with van der Waals surface area (Å²) < 4.78 is 12.5. The van der Waals surface area contributed by atoms with Crippen LogP contribution in [-0.2, 0) is 19.1 Å². The van der Waals surface area contributed by atoms with Crippen molar-refractivity contribution in [2.24, 2.45) is 11.3 Å². The quantitative estimate of drug-likeness (QED) is 0.211. The van der Waals surface area contributed by atoms with Gasteiger partial charge in [0.25, 0.3) is 0 Å². The van der Waals surface area contributed by atoms with Crippen LogP contribution in [0.25, 0.3) is 0 Å². The number of rotatable bonds is 11. The highest BCUT2D eigenvalue weighted by atomic mass is 16.5. The van der Waals surface area contributed by atoms with Gasteiger partial charge in [-0.3, -0.25) is 4.79 Å². The summed E-state index contributed by atoms with van der Waals surface area (Å²) in [5, 5.41) is 6.59. The molecule has 4 atom stereocenters. The van der Waals surface area contributed by atoms with E-state index >= 15 is 0 Å². The standard InChI is InChI=1S/C26H48N2O4.120H2/c1-12-14-25(9,24(7,8)13-2)32-21-16-19(23(30)31-18(5)6)15-20(27-11)26(21,10)28-22(29)17(3)4;;;;;;;;;;;;;;;;;;;;;;;;;;;;;;;;;;;;;;;;;;;;;;;;;;;;;;;;;;;;;;;;;;;;;;;;;;;;;;;;;;;;;;;;;;;;;;;;;;;;;;;;;;;;;;;;;;;;;;;;/h16-18,20-21,27H,12-15H2,1-11H3,(H,28,29);120*1H/t20-,21+,25?,26+;;;;;;;;;;;;;;;;;;;;;;;;;;;;;;;;;;;;;;;;;;;;;;;;;;;;;;;;;;;;;;;;;;;;;;;;;;;;;;;;;;;;;;;;;;;;;;;;;;;;;;;;;;;;;;;;;;;;;;;;/m0......................................................................................................................../s1. The van der Waals surface area contributed by atoms with Crippen molar-refractivity contribution in [3.05, 3.63) is 11.6 Å². The van der Waals surface area contributed by atoms with Crippen LogP contribution in [0.2, 0.25) is 0 Å². The Hall–Kier alpha value is -1.40. The van der Waals surface area contributed by atoms with Crippen molar-refractivity contribution >= 4 is 11.9 Å². The van der Waals surface area contributed by atoms with Gasteiger partial charge in [0.05, 0.1) is 17.2 Å². The lowest BCUT2D eigenvalue weighted by Gasteiger charge is -2.52. The molecule has 1 aliphatic carbocycles. The number of amides is 1. The Morgan fingerprint density at radius 1 is 1.22 bits per heavy atom. The van der Waals surface area contributed by atoms with Crippen molar-refractivity contribution < 1.29 is 190 Å². The van der Waals surface area contributed by atoms with Crippen molar-refractivity contribution in [2.75, 3.05) is 7.05 Å². The van der Waals surface area contributed by atoms with Gasteiger partial charge in [0, 0.05) is 189 Å². The Bertz CT molecular complexity index is 798. The molecule has 6 nitrogen and oxygen atoms in total. The van der Waals surface area contributed by atoms with E-state index in [2.05, 4.69) is 45.3 Å². The van der Waals surface area contributed by atoms with E-state index in [0.717, 1.165) is 19.3 Å². The van der Waals surface area contributed by atoms with Crippen LogP contribution in [0.4, 0.5) is 0 Å². The predicted molar refractivity (Wildman–Crippen MR) is 384 cm³/mol. The summed E-state index contributed by atoms with van der Waals surface area (Å²) in [6.45, 7) is 20.4. The summed E-state index contributed by atoms with van der Waals surface area (Å²) in [5.41, 5.74) is -0.668. The molecule has 32 heavy (non-hydrogen) atoms. The van der Waals surface area contributed by atoms with Gasteiger partial charge in [0.1, 0.15) is 6.10 Å². The molecule has 0 aromatic rings. The van der Waals surface area contributed by atoms with E-state index in [-0.39, 0.29) is 207 Å². The Balaban J connectivity index is -0.000000000723. The minimum Gasteiger partial charge on any atom is -0.460 e. The highest BCUT2D eigenvalue weighted by Gasteiger charge is 2.51. The topological polar surface area (TPSA) is 76.7 Å². The number of likely N-dealkylation sites (N-methyl/N-ethyl adjacent to an activating group) is 1. The molecule has 1 unspecified atom stereocenters. The number of carbonyl (C=O) groups is 2. The molecule has 0 fully saturated rings. The van der Waals surface area contributed by atoms with Crippen LogP contribution in [-0.4, -0.2) is 48.3 Å². The van der Waals surface area contributed by atoms with Gasteiger partial charge in [-0.2, -0.15) is 0 Å². The maximum absolute atomic E-state index is 12.8. The van der Waals surface area contributed by atoms with Crippen LogP contribution in [0.15, 0.2) is 11.6 Å². The SMILES string of the molecule is CCCC(C)(O[C@@H]1C=C(C(=O)OC(C)C)C[C@H](NC)[C@@]1(C)NC(=O)C(C)C)C(C)(C)CC.[HH].[HH].[HH].[HH].[HH].[HH].[HH].[HH].[HH].[HH].[HH].[HH].[HH].[HH].[HH].[HH].[HH].[HH].[HH].[HH].[HH].[HH].[HH].[HH].[HH].[HH].[HH].[HH].[HH].[HH].[HH].[HH].[HH].[HH].[HH].[HH].[HH].[HH].[HH].[HH].[HH].[HH].[HH].[HH].[HH].[HH].[HH].[HH].[HH].[HH].[HH].[HH].[HH].[HH].[HH].[HH].[HH].[HH].[HH].[HH].[HH].[HH].[HH].[HH].[HH].[HH].[HH].[HH].[HH].[HH].[HH].[HH].[HH].[HH].[HH].[HH].[HH].[HH].[HH].[HH].[HH].[HH].[HH].[HH].[HH].[HH].[HH].[HH].[HH].[HH].[HH].[HH].[HH].[HH].[HH].[HH].[HH].[HH].[HH].[HH].[HH].[HH].[HH].[HH].[HH].[HH].[HH].[HH].[HH].[HH].[HH].[HH].[HH].[HH].[HH].[HH].[HH].[HH].[HH].[HH]. The molecule has 0 saturated carbocycles. The first-order valence-corrected chi connectivity index (χ1v) is 12.3. The van der Waals surface area contributed by atoms with E-state index in [9.17, 15) is 9.59 Å². The zero-order chi connectivity index (χ0) is 24.9. The fourth-order valence-corrected chi connectivity index (χ4v) is 4.31. The first-order chi connectivity index (χ1) is 14.7. The van der Waals surface area contributed by atoms with Crippen LogP contribution in [0.1, 0.15) is 266 Å². The summed E-state index contributed by atoms with van der Waals surface area (Å²) in [6, 6.07) is -0.189. The second-order valence-electron chi connectivity index (χ2n) is 10.9. The molecule has 6 heteroatoms. The number of carbonyl (C=O) groups excluding carboxylic acids is 2. The summed E-state index contributed by atoms with van der Waals surface area (Å²) in [6.07, 6.45) is 4.46. The maximum Gasteiger partial charge on any atom is 0.334 e. The fourth-order valence-electron chi connectivity index (χ4n) is 4.31. The first kappa shape index (κ1) is 28.6. The molecule has 1 amide bonds. The molecule has 0 radical (unpaired) electrons. The van der Waals surface area contributed by atoms with Crippen LogP contribution >= 0.6 is 0 Å². The minimum absolute atomic E-state index is 0. The molecule has 0 saturated heterocycles. The molecule has 0 bridgehead atoms. The molecule has 0 aliphatic heterocycles. The van der Waals surface area contributed by atoms with Crippen molar-refractivity contribution in [3.63, 3.8) is 0 Å². The number of nitrogens with one attached hydrogen (secondary N) is 2. The Kier molecular flexibility index (Phi) is 9.98. The summed E-state index contributed by atoms with van der Waals surface area (Å²) >= 11 is 0. The molecule has 1 rings (SSSR count). The van der Waals surface area contributed by atoms with Gasteiger partial charge in [-0.25, -0.2) is 4.79 Å². The summed E-state index contributed by atoms with van der Waals surface area (Å²) in [5.74, 6) is -0.511. The van der Waals surface area contributed by atoms with Crippen LogP contribution in [0, 0.1) is 11.3 Å². The molecule has 0 aromatic carbocycles. The lowest BCUT2D eigenvalue weighted by Crippen LogP contribution is -2.69. The van der Waals surface area contributed by atoms with E-state index in [4.69, 9.17) is 9.47 Å². The highest BCUT2D eigenvalue weighted by molar-refractivity contribution is 5.89. The molecule has 0 aromatic heterocycles. The van der Waals surface area contributed by atoms with Crippen molar-refractivity contribution in [1.29, 1.82) is 0 Å². The van der Waals surface area contributed by atoms with Gasteiger partial charge in [-0.15, -0.1) is 0 Å². The molecule has 0 heterocycles. The van der Waals surface area contributed by atoms with Crippen molar-refractivity contribution in [3.8, 4) is 0 Å². The monoisotopic (exact) mass is 694 g/mol. The van der Waals surface area contributed by atoms with Crippen LogP contribution in [0.3, 0.4) is 0 Å². The highest BCUT2D eigenvalue weighted by Crippen LogP contribution is 2.44. The molecular formula is C26H288N2O4. The lowest BCUT2D eigenvalue weighted by atomic mass is 9.70. The van der Waals surface area contributed by atoms with E-state index in [0.29, 0.717) is 12.0 Å². The Labute approximate surface area is 374 Å². The van der Waals surface area contributed by atoms with Gasteiger partial charge in [-0.05, 0) is 65.5 Å². The molecule has 2 N–H and O–H groups in total. The van der Waals surface area contributed by atoms with Gasteiger partial charge in [0.2, 0.25) is 5.91 Å². The molecular weight excluding hydrogens is 404 g/mol. The zero-order valence-electron chi connectivity index (χ0n) is 22.3. The third-order valence-corrected chi connectivity index (χ3v) is 7.39. The van der Waals surface area contributed by atoms with E-state index in [1.807, 2.05) is 47.7 Å². The number of ether oxygens (including phenoxy) is 2. The van der Waals surface area contributed by atoms with E-state index in [1.54, 1.807) is 0 Å². The molecule has 1 aliphatic rings. The maximum atomic E-state index is 12.8. The van der Waals surface area contributed by atoms with Crippen molar-refractivity contribution in [1.82, 2.24) is 10.6 Å². The zero-order valence-corrected chi connectivity index (χ0v) is 22.3. The average molecular weight is 695 g/mol. The number of hydrogen-bond acceptors (Lipinski definition) is 5. The fraction of sp³-hybridized carbons (Fsp3) is 0.846. The average Bonchev–Trinajstić information content (AvgIpc) is 2.68. The Morgan fingerprint density at radius 3 is 2.25 bits per heavy atom. The normalized spacial score (nSPS) is 26.0. The predicted octanol–water partition coefficient (Wildman–Crippen LogP) is 34.3. The first-order valence-electron chi connectivity index (χ1n) is 12.3. The van der Waals surface area contributed by atoms with Crippen LogP contribution < -0.4 is 10.6 Å². The van der Waals surface area contributed by atoms with Crippen LogP contribution in [0.5, 0.6) is 0 Å². The molecule has 426 valence electrons. The van der Waals surface area contributed by atoms with Gasteiger partial charge >= 0.3 is 5.97 Å². The summed E-state index contributed by atoms with van der Waals surface area (Å²) in [4.78, 5) is 25.7. The van der Waals surface area contributed by atoms with Gasteiger partial charge in [0.15, 0.2) is 0 Å². The second-order valence-corrected chi connectivity index (χ2v) is 10.9. The second kappa shape index (κ2) is 11.1. The number of hydrogen-bond donors (Lipinski definition) is 2. The van der Waals surface area contributed by atoms with E-state index < -0.39 is 17.2 Å². The third kappa shape index (κ3) is 6.34. The van der Waals surface area contributed by atoms with Gasteiger partial charge in [-0.1, -0.05) is 48.0 Å². The number of esters is 1. The third-order valence-electron chi connectivity index (χ3n) is 7.39. The van der Waals surface area contributed by atoms with E-state index in [1.165, 1.54) is 0 Å². The Morgan fingerprint density at radius 2 is 1.81 bits per heavy atom. The minimum atomic E-state index is -0.726. The summed E-state index contributed by atoms with van der Waals surface area (Å²) in [7, 11) is 1.86. The smallest absolute Gasteiger partial charge is 0.334 e.